The number of amides is 2. The summed E-state index contributed by atoms with van der Waals surface area (Å²) in [6, 6.07) is 5.33. The molecule has 2 atom stereocenters. The highest BCUT2D eigenvalue weighted by atomic mass is 16.5. The predicted molar refractivity (Wildman–Crippen MR) is 78.6 cm³/mol. The number of benzene rings is 1. The fourth-order valence-electron chi connectivity index (χ4n) is 2.09. The zero-order chi connectivity index (χ0) is 16.1. The highest BCUT2D eigenvalue weighted by Gasteiger charge is 2.23. The lowest BCUT2D eigenvalue weighted by molar-refractivity contribution is -0.138. The first-order valence-electron chi connectivity index (χ1n) is 7.03. The maximum Gasteiger partial charge on any atom is 0.325 e. The second-order valence-electron chi connectivity index (χ2n) is 5.11. The Bertz CT molecular complexity index is 581. The molecule has 2 amide bonds. The number of carbonyl (C=O) groups excluding carboxylic acids is 2. The van der Waals surface area contributed by atoms with Crippen LogP contribution in [0.15, 0.2) is 24.3 Å². The highest BCUT2D eigenvalue weighted by molar-refractivity contribution is 5.99. The van der Waals surface area contributed by atoms with Crippen LogP contribution in [-0.2, 0) is 14.3 Å². The largest absolute Gasteiger partial charge is 0.480 e. The summed E-state index contributed by atoms with van der Waals surface area (Å²) in [5.41, 5.74) is 0.745. The number of anilines is 1. The molecule has 1 saturated heterocycles. The van der Waals surface area contributed by atoms with Gasteiger partial charge in [-0.05, 0) is 38.0 Å². The summed E-state index contributed by atoms with van der Waals surface area (Å²) >= 11 is 0. The second kappa shape index (κ2) is 7.04. The van der Waals surface area contributed by atoms with Crippen LogP contribution in [0.3, 0.4) is 0 Å². The number of aliphatic carboxylic acids is 1. The quantitative estimate of drug-likeness (QED) is 0.753. The van der Waals surface area contributed by atoms with E-state index in [9.17, 15) is 14.4 Å². The number of ether oxygens (including phenoxy) is 1. The number of carbonyl (C=O) groups is 3. The number of hydrogen-bond acceptors (Lipinski definition) is 4. The van der Waals surface area contributed by atoms with Gasteiger partial charge in [0.25, 0.3) is 11.8 Å². The zero-order valence-electron chi connectivity index (χ0n) is 12.2. The molecule has 1 aromatic rings. The van der Waals surface area contributed by atoms with E-state index in [1.807, 2.05) is 0 Å². The van der Waals surface area contributed by atoms with Gasteiger partial charge in [-0.25, -0.2) is 0 Å². The van der Waals surface area contributed by atoms with E-state index >= 15 is 0 Å². The first-order chi connectivity index (χ1) is 10.5. The standard InChI is InChI=1S/C15H18N2O5/c1-9(15(20)21)16-13(18)10-4-2-5-11(8-10)17-14(19)12-6-3-7-22-12/h2,4-5,8-9,12H,3,6-7H2,1H3,(H,16,18)(H,17,19)(H,20,21)/t9-,12+/m1/s1. The van der Waals surface area contributed by atoms with E-state index in [0.717, 1.165) is 6.42 Å². The van der Waals surface area contributed by atoms with E-state index < -0.39 is 24.0 Å². The first-order valence-corrected chi connectivity index (χ1v) is 7.03. The summed E-state index contributed by atoms with van der Waals surface area (Å²) in [6.45, 7) is 1.96. The molecule has 3 N–H and O–H groups in total. The van der Waals surface area contributed by atoms with Crippen LogP contribution in [-0.4, -0.2) is 41.6 Å². The third-order valence-corrected chi connectivity index (χ3v) is 3.33. The van der Waals surface area contributed by atoms with Gasteiger partial charge in [0.05, 0.1) is 0 Å². The van der Waals surface area contributed by atoms with Crippen LogP contribution in [0.4, 0.5) is 5.69 Å². The molecule has 0 saturated carbocycles. The molecule has 22 heavy (non-hydrogen) atoms. The number of carboxylic acid groups (broad SMARTS) is 1. The van der Waals surface area contributed by atoms with E-state index in [1.165, 1.54) is 13.0 Å². The molecule has 7 nitrogen and oxygen atoms in total. The van der Waals surface area contributed by atoms with Crippen molar-refractivity contribution in [1.29, 1.82) is 0 Å². The molecular weight excluding hydrogens is 288 g/mol. The van der Waals surface area contributed by atoms with E-state index in [-0.39, 0.29) is 11.5 Å². The van der Waals surface area contributed by atoms with Gasteiger partial charge in [0, 0.05) is 17.9 Å². The van der Waals surface area contributed by atoms with Crippen molar-refractivity contribution in [3.63, 3.8) is 0 Å². The van der Waals surface area contributed by atoms with Crippen molar-refractivity contribution >= 4 is 23.5 Å². The maximum absolute atomic E-state index is 11.9. The Morgan fingerprint density at radius 3 is 2.77 bits per heavy atom. The Balaban J connectivity index is 2.01. The maximum atomic E-state index is 11.9. The second-order valence-corrected chi connectivity index (χ2v) is 5.11. The minimum atomic E-state index is -1.11. The van der Waals surface area contributed by atoms with E-state index in [4.69, 9.17) is 9.84 Å². The lowest BCUT2D eigenvalue weighted by Gasteiger charge is -2.12. The third kappa shape index (κ3) is 4.05. The predicted octanol–water partition coefficient (Wildman–Crippen LogP) is 1.01. The minimum Gasteiger partial charge on any atom is -0.480 e. The summed E-state index contributed by atoms with van der Waals surface area (Å²) in [6.07, 6.45) is 1.08. The molecule has 1 fully saturated rings. The smallest absolute Gasteiger partial charge is 0.325 e. The van der Waals surface area contributed by atoms with Gasteiger partial charge in [-0.3, -0.25) is 14.4 Å². The summed E-state index contributed by atoms with van der Waals surface area (Å²) in [7, 11) is 0. The van der Waals surface area contributed by atoms with Gasteiger partial charge in [0.2, 0.25) is 0 Å². The molecule has 0 bridgehead atoms. The monoisotopic (exact) mass is 306 g/mol. The van der Waals surface area contributed by atoms with E-state index in [0.29, 0.717) is 18.7 Å². The Kier molecular flexibility index (Phi) is 5.11. The average Bonchev–Trinajstić information content (AvgIpc) is 3.01. The van der Waals surface area contributed by atoms with Crippen molar-refractivity contribution in [2.45, 2.75) is 31.9 Å². The highest BCUT2D eigenvalue weighted by Crippen LogP contribution is 2.16. The normalized spacial score (nSPS) is 18.5. The van der Waals surface area contributed by atoms with E-state index in [2.05, 4.69) is 10.6 Å². The third-order valence-electron chi connectivity index (χ3n) is 3.33. The minimum absolute atomic E-state index is 0.242. The van der Waals surface area contributed by atoms with Crippen LogP contribution in [0.2, 0.25) is 0 Å². The van der Waals surface area contributed by atoms with Crippen LogP contribution in [0, 0.1) is 0 Å². The van der Waals surface area contributed by atoms with Crippen LogP contribution < -0.4 is 10.6 Å². The Hall–Kier alpha value is -2.41. The van der Waals surface area contributed by atoms with Crippen LogP contribution in [0.5, 0.6) is 0 Å². The fourth-order valence-corrected chi connectivity index (χ4v) is 2.09. The molecule has 118 valence electrons. The molecular formula is C15H18N2O5. The molecule has 7 heteroatoms. The van der Waals surface area contributed by atoms with Crippen molar-refractivity contribution in [3.05, 3.63) is 29.8 Å². The lowest BCUT2D eigenvalue weighted by Crippen LogP contribution is -2.38. The number of carboxylic acids is 1. The summed E-state index contributed by atoms with van der Waals surface area (Å²) < 4.78 is 5.29. The summed E-state index contributed by atoms with van der Waals surface area (Å²) in [5, 5.41) is 13.8. The van der Waals surface area contributed by atoms with Gasteiger partial charge in [-0.1, -0.05) is 6.07 Å². The SMILES string of the molecule is C[C@@H](NC(=O)c1cccc(NC(=O)[C@@H]2CCCO2)c1)C(=O)O. The van der Waals surface area contributed by atoms with Crippen LogP contribution >= 0.6 is 0 Å². The molecule has 1 aliphatic heterocycles. The van der Waals surface area contributed by atoms with Crippen molar-refractivity contribution in [1.82, 2.24) is 5.32 Å². The van der Waals surface area contributed by atoms with Gasteiger partial charge in [0.1, 0.15) is 12.1 Å². The molecule has 0 aliphatic carbocycles. The van der Waals surface area contributed by atoms with Gasteiger partial charge in [0.15, 0.2) is 0 Å². The Morgan fingerprint density at radius 2 is 2.14 bits per heavy atom. The number of hydrogen-bond donors (Lipinski definition) is 3. The molecule has 0 unspecified atom stereocenters. The van der Waals surface area contributed by atoms with Gasteiger partial charge >= 0.3 is 5.97 Å². The van der Waals surface area contributed by atoms with Crippen LogP contribution in [0.25, 0.3) is 0 Å². The van der Waals surface area contributed by atoms with Crippen molar-refractivity contribution < 1.29 is 24.2 Å². The molecule has 0 aromatic heterocycles. The summed E-state index contributed by atoms with van der Waals surface area (Å²) in [5.74, 6) is -1.87. The lowest BCUT2D eigenvalue weighted by atomic mass is 10.1. The molecule has 2 rings (SSSR count). The average molecular weight is 306 g/mol. The van der Waals surface area contributed by atoms with Gasteiger partial charge < -0.3 is 20.5 Å². The first kappa shape index (κ1) is 16.0. The Labute approximate surface area is 127 Å². The van der Waals surface area contributed by atoms with Crippen molar-refractivity contribution in [2.24, 2.45) is 0 Å². The van der Waals surface area contributed by atoms with Crippen molar-refractivity contribution in [2.75, 3.05) is 11.9 Å². The molecule has 1 aliphatic rings. The molecule has 0 spiro atoms. The number of rotatable bonds is 5. The topological polar surface area (TPSA) is 105 Å². The molecule has 1 heterocycles. The Morgan fingerprint density at radius 1 is 1.36 bits per heavy atom. The number of nitrogens with one attached hydrogen (secondary N) is 2. The van der Waals surface area contributed by atoms with Crippen LogP contribution in [0.1, 0.15) is 30.1 Å². The zero-order valence-corrected chi connectivity index (χ0v) is 12.2. The molecule has 1 aromatic carbocycles. The van der Waals surface area contributed by atoms with Gasteiger partial charge in [-0.2, -0.15) is 0 Å². The fraction of sp³-hybridized carbons (Fsp3) is 0.400. The molecule has 0 radical (unpaired) electrons. The van der Waals surface area contributed by atoms with E-state index in [1.54, 1.807) is 18.2 Å². The van der Waals surface area contributed by atoms with Crippen molar-refractivity contribution in [3.8, 4) is 0 Å². The summed E-state index contributed by atoms with van der Waals surface area (Å²) in [4.78, 5) is 34.6. The van der Waals surface area contributed by atoms with Gasteiger partial charge in [-0.15, -0.1) is 0 Å².